The summed E-state index contributed by atoms with van der Waals surface area (Å²) in [6.07, 6.45) is 1.66. The Hall–Kier alpha value is -1.84. The third-order valence-corrected chi connectivity index (χ3v) is 1.96. The number of aromatic amines is 1. The van der Waals surface area contributed by atoms with Crippen LogP contribution >= 0.6 is 0 Å². The maximum Gasteiger partial charge on any atom is 0.352 e. The van der Waals surface area contributed by atoms with E-state index < -0.39 is 5.97 Å². The van der Waals surface area contributed by atoms with Crippen LogP contribution in [0.1, 0.15) is 16.2 Å². The first-order chi connectivity index (χ1) is 6.18. The van der Waals surface area contributed by atoms with Crippen LogP contribution in [0.5, 0.6) is 0 Å². The van der Waals surface area contributed by atoms with Crippen molar-refractivity contribution in [2.45, 2.75) is 6.92 Å². The molecular weight excluding hydrogens is 168 g/mol. The Labute approximate surface area is 74.2 Å². The van der Waals surface area contributed by atoms with E-state index in [1.54, 1.807) is 18.3 Å². The van der Waals surface area contributed by atoms with Crippen molar-refractivity contribution in [3.63, 3.8) is 0 Å². The van der Waals surface area contributed by atoms with Crippen molar-refractivity contribution < 1.29 is 9.90 Å². The number of carboxylic acid groups (broad SMARTS) is 1. The minimum absolute atomic E-state index is 0.200. The summed E-state index contributed by atoms with van der Waals surface area (Å²) in [7, 11) is 0. The standard InChI is InChI=1S/C9H8N2O2/c1-5-8-6(2-3-10-5)4-7(11-8)9(12)13/h2-4,11H,1H3,(H,12,13). The number of fused-ring (bicyclic) bond motifs is 1. The monoisotopic (exact) mass is 176 g/mol. The predicted octanol–water partition coefficient (Wildman–Crippen LogP) is 1.57. The van der Waals surface area contributed by atoms with Gasteiger partial charge in [-0.05, 0) is 19.1 Å². The van der Waals surface area contributed by atoms with Gasteiger partial charge in [-0.1, -0.05) is 0 Å². The average Bonchev–Trinajstić information content (AvgIpc) is 2.49. The molecule has 0 saturated carbocycles. The van der Waals surface area contributed by atoms with E-state index >= 15 is 0 Å². The highest BCUT2D eigenvalue weighted by atomic mass is 16.4. The number of aryl methyl sites for hydroxylation is 1. The molecule has 2 N–H and O–H groups in total. The Bertz CT molecular complexity index is 473. The van der Waals surface area contributed by atoms with E-state index in [1.807, 2.05) is 6.92 Å². The second-order valence-electron chi connectivity index (χ2n) is 2.85. The normalized spacial score (nSPS) is 10.5. The van der Waals surface area contributed by atoms with Gasteiger partial charge in [0.1, 0.15) is 5.69 Å². The smallest absolute Gasteiger partial charge is 0.352 e. The van der Waals surface area contributed by atoms with Crippen molar-refractivity contribution >= 4 is 16.9 Å². The van der Waals surface area contributed by atoms with Crippen LogP contribution in [0.3, 0.4) is 0 Å². The van der Waals surface area contributed by atoms with Crippen LogP contribution in [0.25, 0.3) is 10.9 Å². The number of nitrogens with one attached hydrogen (secondary N) is 1. The number of H-pyrrole nitrogens is 1. The number of aromatic carboxylic acids is 1. The molecule has 2 rings (SSSR count). The number of aromatic nitrogens is 2. The predicted molar refractivity (Wildman–Crippen MR) is 47.8 cm³/mol. The van der Waals surface area contributed by atoms with Crippen LogP contribution in [0.15, 0.2) is 18.3 Å². The van der Waals surface area contributed by atoms with E-state index in [1.165, 1.54) is 0 Å². The number of carboxylic acids is 1. The Morgan fingerprint density at radius 1 is 1.62 bits per heavy atom. The summed E-state index contributed by atoms with van der Waals surface area (Å²) in [5.74, 6) is -0.949. The summed E-state index contributed by atoms with van der Waals surface area (Å²) in [5, 5.41) is 9.60. The molecule has 0 spiro atoms. The highest BCUT2D eigenvalue weighted by Gasteiger charge is 2.08. The van der Waals surface area contributed by atoms with Crippen molar-refractivity contribution in [2.24, 2.45) is 0 Å². The largest absolute Gasteiger partial charge is 0.477 e. The van der Waals surface area contributed by atoms with Crippen LogP contribution in [0, 0.1) is 6.92 Å². The van der Waals surface area contributed by atoms with Crippen LogP contribution in [0.4, 0.5) is 0 Å². The van der Waals surface area contributed by atoms with Gasteiger partial charge in [-0.2, -0.15) is 0 Å². The lowest BCUT2D eigenvalue weighted by molar-refractivity contribution is 0.0691. The molecule has 13 heavy (non-hydrogen) atoms. The lowest BCUT2D eigenvalue weighted by atomic mass is 10.2. The van der Waals surface area contributed by atoms with Gasteiger partial charge >= 0.3 is 5.97 Å². The summed E-state index contributed by atoms with van der Waals surface area (Å²) in [6.45, 7) is 1.84. The van der Waals surface area contributed by atoms with E-state index in [9.17, 15) is 4.79 Å². The molecule has 2 heterocycles. The lowest BCUT2D eigenvalue weighted by Gasteiger charge is -1.91. The highest BCUT2D eigenvalue weighted by molar-refractivity contribution is 5.94. The van der Waals surface area contributed by atoms with Gasteiger partial charge in [0.2, 0.25) is 0 Å². The summed E-state index contributed by atoms with van der Waals surface area (Å²) in [6, 6.07) is 3.39. The van der Waals surface area contributed by atoms with Gasteiger partial charge in [-0.3, -0.25) is 4.98 Å². The van der Waals surface area contributed by atoms with Crippen molar-refractivity contribution in [3.05, 3.63) is 29.7 Å². The molecule has 4 heteroatoms. The number of hydrogen-bond acceptors (Lipinski definition) is 2. The van der Waals surface area contributed by atoms with Gasteiger partial charge < -0.3 is 10.1 Å². The Balaban J connectivity index is 2.75. The van der Waals surface area contributed by atoms with E-state index in [2.05, 4.69) is 9.97 Å². The van der Waals surface area contributed by atoms with Crippen molar-refractivity contribution in [1.29, 1.82) is 0 Å². The molecule has 0 radical (unpaired) electrons. The first kappa shape index (κ1) is 7.79. The molecule has 4 nitrogen and oxygen atoms in total. The Kier molecular flexibility index (Phi) is 1.55. The molecule has 0 fully saturated rings. The number of nitrogens with zero attached hydrogens (tertiary/aromatic N) is 1. The molecule has 0 aliphatic heterocycles. The third kappa shape index (κ3) is 1.16. The second-order valence-corrected chi connectivity index (χ2v) is 2.85. The molecule has 0 bridgehead atoms. The summed E-state index contributed by atoms with van der Waals surface area (Å²) >= 11 is 0. The quantitative estimate of drug-likeness (QED) is 0.693. The highest BCUT2D eigenvalue weighted by Crippen LogP contribution is 2.16. The van der Waals surface area contributed by atoms with Gasteiger partial charge in [0.25, 0.3) is 0 Å². The van der Waals surface area contributed by atoms with Gasteiger partial charge in [0.15, 0.2) is 0 Å². The molecule has 0 atom stereocenters. The maximum atomic E-state index is 10.6. The van der Waals surface area contributed by atoms with Crippen molar-refractivity contribution in [2.75, 3.05) is 0 Å². The zero-order chi connectivity index (χ0) is 9.42. The van der Waals surface area contributed by atoms with Crippen LogP contribution in [0.2, 0.25) is 0 Å². The van der Waals surface area contributed by atoms with Crippen LogP contribution < -0.4 is 0 Å². The first-order valence-corrected chi connectivity index (χ1v) is 3.86. The second kappa shape index (κ2) is 2.58. The molecule has 0 amide bonds. The summed E-state index contributed by atoms with van der Waals surface area (Å²) in [5.41, 5.74) is 1.80. The van der Waals surface area contributed by atoms with E-state index in [0.717, 1.165) is 16.6 Å². The molecule has 0 unspecified atom stereocenters. The fourth-order valence-electron chi connectivity index (χ4n) is 1.31. The first-order valence-electron chi connectivity index (χ1n) is 3.86. The van der Waals surface area contributed by atoms with Gasteiger partial charge in [-0.15, -0.1) is 0 Å². The zero-order valence-corrected chi connectivity index (χ0v) is 7.03. The van der Waals surface area contributed by atoms with Gasteiger partial charge in [0.05, 0.1) is 11.2 Å². The fourth-order valence-corrected chi connectivity index (χ4v) is 1.31. The molecule has 0 aliphatic carbocycles. The molecule has 0 aromatic carbocycles. The van der Waals surface area contributed by atoms with Crippen molar-refractivity contribution in [3.8, 4) is 0 Å². The molecule has 0 aliphatic rings. The molecule has 0 saturated heterocycles. The van der Waals surface area contributed by atoms with E-state index in [-0.39, 0.29) is 5.69 Å². The van der Waals surface area contributed by atoms with Crippen LogP contribution in [-0.4, -0.2) is 21.0 Å². The fraction of sp³-hybridized carbons (Fsp3) is 0.111. The van der Waals surface area contributed by atoms with Gasteiger partial charge in [0, 0.05) is 11.6 Å². The lowest BCUT2D eigenvalue weighted by Crippen LogP contribution is -1.95. The summed E-state index contributed by atoms with van der Waals surface area (Å²) in [4.78, 5) is 17.5. The zero-order valence-electron chi connectivity index (χ0n) is 7.03. The number of carbonyl (C=O) groups is 1. The average molecular weight is 176 g/mol. The summed E-state index contributed by atoms with van der Waals surface area (Å²) < 4.78 is 0. The van der Waals surface area contributed by atoms with Crippen LogP contribution in [-0.2, 0) is 0 Å². The van der Waals surface area contributed by atoms with E-state index in [0.29, 0.717) is 0 Å². The maximum absolute atomic E-state index is 10.6. The Morgan fingerprint density at radius 3 is 3.00 bits per heavy atom. The number of hydrogen-bond donors (Lipinski definition) is 2. The number of pyridine rings is 1. The number of rotatable bonds is 1. The van der Waals surface area contributed by atoms with Gasteiger partial charge in [-0.25, -0.2) is 4.79 Å². The van der Waals surface area contributed by atoms with Crippen molar-refractivity contribution in [1.82, 2.24) is 9.97 Å². The Morgan fingerprint density at radius 2 is 2.38 bits per heavy atom. The van der Waals surface area contributed by atoms with E-state index in [4.69, 9.17) is 5.11 Å². The molecule has 66 valence electrons. The SMILES string of the molecule is Cc1nccc2cc(C(=O)O)[nH]c12. The molecule has 2 aromatic heterocycles. The third-order valence-electron chi connectivity index (χ3n) is 1.96. The topological polar surface area (TPSA) is 66.0 Å². The minimum atomic E-state index is -0.949. The minimum Gasteiger partial charge on any atom is -0.477 e. The molecular formula is C9H8N2O2. The molecule has 2 aromatic rings.